The maximum absolute atomic E-state index is 5.88. The topological polar surface area (TPSA) is 47.3 Å². The molecule has 0 unspecified atom stereocenters. The summed E-state index contributed by atoms with van der Waals surface area (Å²) in [4.78, 5) is 0. The van der Waals surface area contributed by atoms with Crippen molar-refractivity contribution in [3.8, 4) is 5.75 Å². The molecule has 106 valence electrons. The lowest BCUT2D eigenvalue weighted by atomic mass is 9.69. The molecular formula is C16H26N2O. The van der Waals surface area contributed by atoms with Crippen LogP contribution in [0, 0.1) is 19.3 Å². The molecule has 1 aliphatic carbocycles. The van der Waals surface area contributed by atoms with Gasteiger partial charge in [-0.1, -0.05) is 12.5 Å². The molecule has 1 aromatic rings. The van der Waals surface area contributed by atoms with Crippen LogP contribution in [0.1, 0.15) is 36.0 Å². The van der Waals surface area contributed by atoms with E-state index in [9.17, 15) is 0 Å². The maximum atomic E-state index is 5.88. The van der Waals surface area contributed by atoms with Gasteiger partial charge in [0.15, 0.2) is 0 Å². The van der Waals surface area contributed by atoms with Crippen molar-refractivity contribution in [1.29, 1.82) is 0 Å². The minimum atomic E-state index is 0.370. The Balaban J connectivity index is 1.94. The van der Waals surface area contributed by atoms with E-state index in [1.165, 1.54) is 36.0 Å². The largest absolute Gasteiger partial charge is 0.496 e. The van der Waals surface area contributed by atoms with Gasteiger partial charge in [-0.2, -0.15) is 0 Å². The van der Waals surface area contributed by atoms with E-state index in [-0.39, 0.29) is 0 Å². The number of benzene rings is 1. The Labute approximate surface area is 116 Å². The fourth-order valence-electron chi connectivity index (χ4n) is 2.85. The highest BCUT2D eigenvalue weighted by atomic mass is 16.5. The number of nitrogens with one attached hydrogen (secondary N) is 1. The molecule has 0 aromatic heterocycles. The molecule has 0 radical (unpaired) electrons. The summed E-state index contributed by atoms with van der Waals surface area (Å²) in [5.74, 6) is 0.971. The first-order valence-electron chi connectivity index (χ1n) is 7.15. The van der Waals surface area contributed by atoms with E-state index in [1.54, 1.807) is 7.11 Å². The van der Waals surface area contributed by atoms with Crippen LogP contribution in [0.15, 0.2) is 12.1 Å². The van der Waals surface area contributed by atoms with Crippen LogP contribution in [-0.4, -0.2) is 20.2 Å². The summed E-state index contributed by atoms with van der Waals surface area (Å²) in [6, 6.07) is 4.34. The van der Waals surface area contributed by atoms with E-state index in [4.69, 9.17) is 10.5 Å². The van der Waals surface area contributed by atoms with Crippen molar-refractivity contribution in [3.63, 3.8) is 0 Å². The van der Waals surface area contributed by atoms with Crippen molar-refractivity contribution in [2.75, 3.05) is 20.2 Å². The highest BCUT2D eigenvalue weighted by molar-refractivity contribution is 5.41. The molecule has 3 heteroatoms. The van der Waals surface area contributed by atoms with Crippen LogP contribution in [0.3, 0.4) is 0 Å². The summed E-state index contributed by atoms with van der Waals surface area (Å²) in [5.41, 5.74) is 10.1. The standard InChI is InChI=1S/C16H26N2O/c1-12-8-15(19-3)13(2)7-14(12)9-18-11-16(10-17)5-4-6-16/h7-8,18H,4-6,9-11,17H2,1-3H3. The summed E-state index contributed by atoms with van der Waals surface area (Å²) >= 11 is 0. The molecule has 1 aliphatic rings. The summed E-state index contributed by atoms with van der Waals surface area (Å²) in [6.45, 7) is 6.99. The first-order valence-corrected chi connectivity index (χ1v) is 7.15. The van der Waals surface area contributed by atoms with Crippen LogP contribution in [0.2, 0.25) is 0 Å². The lowest BCUT2D eigenvalue weighted by Crippen LogP contribution is -2.45. The highest BCUT2D eigenvalue weighted by Crippen LogP contribution is 2.39. The number of hydrogen-bond donors (Lipinski definition) is 2. The Morgan fingerprint density at radius 3 is 2.53 bits per heavy atom. The predicted octanol–water partition coefficient (Wildman–Crippen LogP) is 2.53. The zero-order chi connectivity index (χ0) is 13.9. The zero-order valence-electron chi connectivity index (χ0n) is 12.4. The third-order valence-electron chi connectivity index (χ3n) is 4.52. The fourth-order valence-corrected chi connectivity index (χ4v) is 2.85. The quantitative estimate of drug-likeness (QED) is 0.828. The van der Waals surface area contributed by atoms with Crippen LogP contribution in [0.4, 0.5) is 0 Å². The van der Waals surface area contributed by atoms with E-state index >= 15 is 0 Å². The molecule has 0 bridgehead atoms. The number of methoxy groups -OCH3 is 1. The normalized spacial score (nSPS) is 17.1. The molecule has 3 nitrogen and oxygen atoms in total. The number of hydrogen-bond acceptors (Lipinski definition) is 3. The second-order valence-electron chi connectivity index (χ2n) is 5.91. The number of rotatable bonds is 6. The van der Waals surface area contributed by atoms with Crippen molar-refractivity contribution < 1.29 is 4.74 Å². The number of ether oxygens (including phenoxy) is 1. The van der Waals surface area contributed by atoms with Gasteiger partial charge in [0.05, 0.1) is 7.11 Å². The van der Waals surface area contributed by atoms with Crippen molar-refractivity contribution in [2.45, 2.75) is 39.7 Å². The van der Waals surface area contributed by atoms with Crippen LogP contribution >= 0.6 is 0 Å². The van der Waals surface area contributed by atoms with Crippen molar-refractivity contribution >= 4 is 0 Å². The van der Waals surface area contributed by atoms with E-state index in [0.29, 0.717) is 5.41 Å². The summed E-state index contributed by atoms with van der Waals surface area (Å²) in [5, 5.41) is 3.58. The van der Waals surface area contributed by atoms with Crippen molar-refractivity contribution in [2.24, 2.45) is 11.1 Å². The Kier molecular flexibility index (Phi) is 4.48. The molecule has 1 saturated carbocycles. The molecule has 1 aromatic carbocycles. The predicted molar refractivity (Wildman–Crippen MR) is 79.5 cm³/mol. The second-order valence-corrected chi connectivity index (χ2v) is 5.91. The molecule has 0 saturated heterocycles. The molecule has 0 spiro atoms. The molecule has 0 heterocycles. The molecular weight excluding hydrogens is 236 g/mol. The summed E-state index contributed by atoms with van der Waals surface area (Å²) < 4.78 is 5.35. The van der Waals surface area contributed by atoms with Crippen molar-refractivity contribution in [1.82, 2.24) is 5.32 Å². The van der Waals surface area contributed by atoms with Gasteiger partial charge in [-0.15, -0.1) is 0 Å². The summed E-state index contributed by atoms with van der Waals surface area (Å²) in [6.07, 6.45) is 3.88. The van der Waals surface area contributed by atoms with Gasteiger partial charge in [-0.3, -0.25) is 0 Å². The molecule has 19 heavy (non-hydrogen) atoms. The van der Waals surface area contributed by atoms with Gasteiger partial charge in [-0.05, 0) is 61.4 Å². The van der Waals surface area contributed by atoms with Crippen molar-refractivity contribution in [3.05, 3.63) is 28.8 Å². The van der Waals surface area contributed by atoms with E-state index < -0.39 is 0 Å². The molecule has 1 fully saturated rings. The van der Waals surface area contributed by atoms with Crippen LogP contribution in [0.5, 0.6) is 5.75 Å². The Morgan fingerprint density at radius 1 is 1.26 bits per heavy atom. The van der Waals surface area contributed by atoms with E-state index in [1.807, 2.05) is 0 Å². The lowest BCUT2D eigenvalue weighted by Gasteiger charge is -2.41. The molecule has 0 atom stereocenters. The van der Waals surface area contributed by atoms with E-state index in [0.717, 1.165) is 25.4 Å². The van der Waals surface area contributed by atoms with Crippen LogP contribution < -0.4 is 15.8 Å². The molecule has 0 amide bonds. The number of aryl methyl sites for hydroxylation is 2. The SMILES string of the molecule is COc1cc(C)c(CNCC2(CN)CCC2)cc1C. The maximum Gasteiger partial charge on any atom is 0.122 e. The highest BCUT2D eigenvalue weighted by Gasteiger charge is 2.34. The average Bonchev–Trinajstić information content (AvgIpc) is 2.36. The van der Waals surface area contributed by atoms with Gasteiger partial charge in [0.2, 0.25) is 0 Å². The zero-order valence-corrected chi connectivity index (χ0v) is 12.4. The molecule has 2 rings (SSSR count). The van der Waals surface area contributed by atoms with Crippen LogP contribution in [-0.2, 0) is 6.54 Å². The first-order chi connectivity index (χ1) is 9.10. The summed E-state index contributed by atoms with van der Waals surface area (Å²) in [7, 11) is 1.72. The van der Waals surface area contributed by atoms with E-state index in [2.05, 4.69) is 31.3 Å². The van der Waals surface area contributed by atoms with Crippen LogP contribution in [0.25, 0.3) is 0 Å². The van der Waals surface area contributed by atoms with Gasteiger partial charge >= 0.3 is 0 Å². The van der Waals surface area contributed by atoms with Gasteiger partial charge in [0.1, 0.15) is 5.75 Å². The second kappa shape index (κ2) is 5.93. The van der Waals surface area contributed by atoms with Gasteiger partial charge in [-0.25, -0.2) is 0 Å². The van der Waals surface area contributed by atoms with Gasteiger partial charge < -0.3 is 15.8 Å². The lowest BCUT2D eigenvalue weighted by molar-refractivity contribution is 0.140. The molecule has 0 aliphatic heterocycles. The Bertz CT molecular complexity index is 433. The first kappa shape index (κ1) is 14.4. The number of nitrogens with two attached hydrogens (primary N) is 1. The third-order valence-corrected chi connectivity index (χ3v) is 4.52. The molecule has 3 N–H and O–H groups in total. The third kappa shape index (κ3) is 3.10. The Morgan fingerprint density at radius 2 is 2.00 bits per heavy atom. The minimum absolute atomic E-state index is 0.370. The van der Waals surface area contributed by atoms with Gasteiger partial charge in [0, 0.05) is 13.1 Å². The van der Waals surface area contributed by atoms with Gasteiger partial charge in [0.25, 0.3) is 0 Å². The Hall–Kier alpha value is -1.06. The monoisotopic (exact) mass is 262 g/mol. The minimum Gasteiger partial charge on any atom is -0.496 e. The fraction of sp³-hybridized carbons (Fsp3) is 0.625. The average molecular weight is 262 g/mol. The smallest absolute Gasteiger partial charge is 0.122 e.